The quantitative estimate of drug-likeness (QED) is 0.443. The molecular weight excluding hydrogens is 449 g/mol. The Hall–Kier alpha value is -2.60. The van der Waals surface area contributed by atoms with Crippen molar-refractivity contribution >= 4 is 13.4 Å². The predicted molar refractivity (Wildman–Crippen MR) is 131 cm³/mol. The third kappa shape index (κ3) is 3.58. The molecule has 0 radical (unpaired) electrons. The number of ether oxygens (including phenoxy) is 1. The Bertz CT molecular complexity index is 1190. The van der Waals surface area contributed by atoms with Crippen molar-refractivity contribution in [3.63, 3.8) is 0 Å². The molecule has 0 bridgehead atoms. The van der Waals surface area contributed by atoms with Gasteiger partial charge in [0.05, 0.1) is 12.6 Å². The second kappa shape index (κ2) is 9.21. The summed E-state index contributed by atoms with van der Waals surface area (Å²) in [5, 5.41) is 0. The first kappa shape index (κ1) is 23.2. The normalized spacial score (nSPS) is 19.4. The van der Waals surface area contributed by atoms with E-state index < -0.39 is 19.2 Å². The maximum absolute atomic E-state index is 13.7. The number of Topliss-reactive ketones (excluding diaryl/α,β-unsaturated/α-hetero) is 1. The largest absolute Gasteiger partial charge is 0.366 e. The van der Waals surface area contributed by atoms with E-state index in [1.54, 1.807) is 0 Å². The SMILES string of the molecule is COP(=O)(CC(=O)[C@@H]1CCOCN1C1(c2ccccc2)c2ccccc2-c2ccccc21)OC. The van der Waals surface area contributed by atoms with Crippen LogP contribution < -0.4 is 0 Å². The molecule has 1 fully saturated rings. The van der Waals surface area contributed by atoms with Crippen LogP contribution in [0.2, 0.25) is 0 Å². The van der Waals surface area contributed by atoms with Crippen molar-refractivity contribution in [1.82, 2.24) is 4.90 Å². The minimum absolute atomic E-state index is 0.174. The van der Waals surface area contributed by atoms with Gasteiger partial charge in [-0.3, -0.25) is 14.3 Å². The highest BCUT2D eigenvalue weighted by atomic mass is 31.2. The minimum Gasteiger partial charge on any atom is -0.366 e. The molecule has 2 aliphatic rings. The standard InChI is InChI=1S/C27H28NO5P/c1-31-34(30,32-2)18-26(29)25-16-17-33-19-28(25)27(20-10-4-3-5-11-20)23-14-8-6-12-21(23)22-13-7-9-15-24(22)27/h3-15,25H,16-19H2,1-2H3/t25-/m0/s1. The molecule has 5 rings (SSSR count). The summed E-state index contributed by atoms with van der Waals surface area (Å²) in [6.07, 6.45) is 0.209. The zero-order valence-electron chi connectivity index (χ0n) is 19.3. The highest BCUT2D eigenvalue weighted by Gasteiger charge is 2.53. The van der Waals surface area contributed by atoms with Crippen LogP contribution in [0.1, 0.15) is 23.1 Å². The third-order valence-electron chi connectivity index (χ3n) is 6.97. The summed E-state index contributed by atoms with van der Waals surface area (Å²) in [6, 6.07) is 26.4. The lowest BCUT2D eigenvalue weighted by Gasteiger charge is -2.48. The fourth-order valence-corrected chi connectivity index (χ4v) is 6.45. The number of hydrogen-bond acceptors (Lipinski definition) is 6. The van der Waals surface area contributed by atoms with Crippen LogP contribution in [0.3, 0.4) is 0 Å². The molecule has 0 N–H and O–H groups in total. The number of carbonyl (C=O) groups excluding carboxylic acids is 1. The van der Waals surface area contributed by atoms with Crippen molar-refractivity contribution in [2.45, 2.75) is 18.0 Å². The molecule has 1 saturated heterocycles. The van der Waals surface area contributed by atoms with Gasteiger partial charge in [-0.25, -0.2) is 0 Å². The molecule has 0 unspecified atom stereocenters. The fourth-order valence-electron chi connectivity index (χ4n) is 5.45. The van der Waals surface area contributed by atoms with Gasteiger partial charge in [0.25, 0.3) is 0 Å². The van der Waals surface area contributed by atoms with Crippen LogP contribution in [-0.4, -0.2) is 50.4 Å². The molecule has 1 heterocycles. The number of ketones is 1. The van der Waals surface area contributed by atoms with E-state index in [1.807, 2.05) is 42.5 Å². The highest BCUT2D eigenvalue weighted by Crippen LogP contribution is 2.56. The molecule has 1 aliphatic carbocycles. The van der Waals surface area contributed by atoms with Gasteiger partial charge >= 0.3 is 7.60 Å². The number of fused-ring (bicyclic) bond motifs is 3. The van der Waals surface area contributed by atoms with E-state index in [-0.39, 0.29) is 18.7 Å². The van der Waals surface area contributed by atoms with Crippen molar-refractivity contribution in [3.05, 3.63) is 95.6 Å². The average molecular weight is 477 g/mol. The van der Waals surface area contributed by atoms with E-state index in [0.717, 1.165) is 27.8 Å². The summed E-state index contributed by atoms with van der Waals surface area (Å²) in [7, 11) is -0.878. The Morgan fingerprint density at radius 1 is 0.941 bits per heavy atom. The lowest BCUT2D eigenvalue weighted by molar-refractivity contribution is -0.137. The van der Waals surface area contributed by atoms with Gasteiger partial charge in [-0.2, -0.15) is 0 Å². The molecule has 3 aromatic rings. The van der Waals surface area contributed by atoms with E-state index in [9.17, 15) is 9.36 Å². The van der Waals surface area contributed by atoms with Crippen LogP contribution in [0, 0.1) is 0 Å². The minimum atomic E-state index is -3.51. The molecule has 34 heavy (non-hydrogen) atoms. The summed E-state index contributed by atoms with van der Waals surface area (Å²) in [6.45, 7) is 0.712. The van der Waals surface area contributed by atoms with Crippen LogP contribution >= 0.6 is 7.60 Å². The van der Waals surface area contributed by atoms with E-state index in [0.29, 0.717) is 13.0 Å². The molecule has 0 saturated carbocycles. The molecule has 0 amide bonds. The molecule has 0 aromatic heterocycles. The Labute approximate surface area is 200 Å². The van der Waals surface area contributed by atoms with E-state index in [4.69, 9.17) is 13.8 Å². The van der Waals surface area contributed by atoms with Gasteiger partial charge in [-0.1, -0.05) is 78.9 Å². The number of benzene rings is 3. The molecule has 0 spiro atoms. The molecule has 1 atom stereocenters. The summed E-state index contributed by atoms with van der Waals surface area (Å²) < 4.78 is 29.0. The zero-order chi connectivity index (χ0) is 23.8. The average Bonchev–Trinajstić information content (AvgIpc) is 3.20. The van der Waals surface area contributed by atoms with Crippen molar-refractivity contribution < 1.29 is 23.1 Å². The molecule has 6 nitrogen and oxygen atoms in total. The van der Waals surface area contributed by atoms with E-state index >= 15 is 0 Å². The highest BCUT2D eigenvalue weighted by molar-refractivity contribution is 7.54. The van der Waals surface area contributed by atoms with Crippen LogP contribution in [0.15, 0.2) is 78.9 Å². The van der Waals surface area contributed by atoms with Gasteiger partial charge in [0.15, 0.2) is 5.78 Å². The third-order valence-corrected chi connectivity index (χ3v) is 8.78. The Morgan fingerprint density at radius 2 is 1.50 bits per heavy atom. The topological polar surface area (TPSA) is 65.1 Å². The van der Waals surface area contributed by atoms with Gasteiger partial charge in [0.2, 0.25) is 0 Å². The summed E-state index contributed by atoms with van der Waals surface area (Å²) >= 11 is 0. The van der Waals surface area contributed by atoms with Crippen molar-refractivity contribution in [2.75, 3.05) is 33.7 Å². The van der Waals surface area contributed by atoms with E-state index in [1.165, 1.54) is 14.2 Å². The van der Waals surface area contributed by atoms with Gasteiger partial charge < -0.3 is 13.8 Å². The Kier molecular flexibility index (Phi) is 6.28. The molecule has 3 aromatic carbocycles. The maximum atomic E-state index is 13.7. The van der Waals surface area contributed by atoms with Crippen molar-refractivity contribution in [3.8, 4) is 11.1 Å². The fraction of sp³-hybridized carbons (Fsp3) is 0.296. The number of carbonyl (C=O) groups is 1. The summed E-state index contributed by atoms with van der Waals surface area (Å²) in [5.74, 6) is -0.174. The number of nitrogens with zero attached hydrogens (tertiary/aromatic N) is 1. The van der Waals surface area contributed by atoms with Gasteiger partial charge in [-0.05, 0) is 34.2 Å². The van der Waals surface area contributed by atoms with Crippen LogP contribution in [0.25, 0.3) is 11.1 Å². The van der Waals surface area contributed by atoms with Gasteiger partial charge in [0, 0.05) is 14.2 Å². The van der Waals surface area contributed by atoms with Crippen LogP contribution in [0.5, 0.6) is 0 Å². The lowest BCUT2D eigenvalue weighted by Crippen LogP contribution is -2.58. The molecule has 1 aliphatic heterocycles. The van der Waals surface area contributed by atoms with Gasteiger partial charge in [0.1, 0.15) is 18.4 Å². The second-order valence-electron chi connectivity index (χ2n) is 8.58. The lowest BCUT2D eigenvalue weighted by atomic mass is 9.77. The molecular formula is C27H28NO5P. The smallest absolute Gasteiger partial charge is 0.337 e. The zero-order valence-corrected chi connectivity index (χ0v) is 20.2. The van der Waals surface area contributed by atoms with Crippen LogP contribution in [-0.2, 0) is 28.7 Å². The maximum Gasteiger partial charge on any atom is 0.337 e. The molecule has 7 heteroatoms. The number of rotatable bonds is 7. The van der Waals surface area contributed by atoms with E-state index in [2.05, 4.69) is 41.3 Å². The predicted octanol–water partition coefficient (Wildman–Crippen LogP) is 5.06. The monoisotopic (exact) mass is 477 g/mol. The van der Waals surface area contributed by atoms with Crippen molar-refractivity contribution in [1.29, 1.82) is 0 Å². The molecule has 176 valence electrons. The first-order valence-corrected chi connectivity index (χ1v) is 13.1. The number of hydrogen-bond donors (Lipinski definition) is 0. The second-order valence-corrected chi connectivity index (χ2v) is 10.8. The first-order valence-electron chi connectivity index (χ1n) is 11.4. The summed E-state index contributed by atoms with van der Waals surface area (Å²) in [5.41, 5.74) is 4.80. The van der Waals surface area contributed by atoms with Crippen LogP contribution in [0.4, 0.5) is 0 Å². The summed E-state index contributed by atoms with van der Waals surface area (Å²) in [4.78, 5) is 15.8. The Balaban J connectivity index is 1.73. The Morgan fingerprint density at radius 3 is 2.09 bits per heavy atom. The first-order chi connectivity index (χ1) is 16.5. The van der Waals surface area contributed by atoms with Gasteiger partial charge in [-0.15, -0.1) is 0 Å². The van der Waals surface area contributed by atoms with Crippen molar-refractivity contribution in [2.24, 2.45) is 0 Å².